The predicted molar refractivity (Wildman–Crippen MR) is 93.7 cm³/mol. The first kappa shape index (κ1) is 17.2. The van der Waals surface area contributed by atoms with Crippen LogP contribution in [0.5, 0.6) is 0 Å². The molecule has 7 heteroatoms. The summed E-state index contributed by atoms with van der Waals surface area (Å²) >= 11 is 1.60. The number of amides is 3. The van der Waals surface area contributed by atoms with Crippen molar-refractivity contribution in [1.82, 2.24) is 14.7 Å². The third kappa shape index (κ3) is 3.57. The number of carbonyl (C=O) groups excluding carboxylic acids is 2. The molecule has 3 amide bonds. The maximum absolute atomic E-state index is 12.7. The molecule has 132 valence electrons. The summed E-state index contributed by atoms with van der Waals surface area (Å²) in [7, 11) is 0. The highest BCUT2D eigenvalue weighted by molar-refractivity contribution is 7.14. The van der Waals surface area contributed by atoms with Crippen LogP contribution in [0, 0.1) is 6.92 Å². The smallest absolute Gasteiger partial charge is 0.320 e. The molecule has 6 nitrogen and oxygen atoms in total. The fraction of sp³-hybridized carbons (Fsp3) is 0.647. The molecule has 3 heterocycles. The first-order chi connectivity index (χ1) is 11.6. The number of piperazine rings is 1. The van der Waals surface area contributed by atoms with E-state index in [0.717, 1.165) is 11.3 Å². The quantitative estimate of drug-likeness (QED) is 0.817. The Morgan fingerprint density at radius 3 is 2.21 bits per heavy atom. The zero-order valence-corrected chi connectivity index (χ0v) is 15.2. The first-order valence-electron chi connectivity index (χ1n) is 8.60. The summed E-state index contributed by atoms with van der Waals surface area (Å²) < 4.78 is 5.29. The van der Waals surface area contributed by atoms with Crippen LogP contribution < -0.4 is 0 Å². The highest BCUT2D eigenvalue weighted by Crippen LogP contribution is 2.24. The van der Waals surface area contributed by atoms with Gasteiger partial charge in [0.05, 0.1) is 18.1 Å². The summed E-state index contributed by atoms with van der Waals surface area (Å²) in [6.07, 6.45) is 0.964. The van der Waals surface area contributed by atoms with Crippen molar-refractivity contribution in [2.24, 2.45) is 0 Å². The van der Waals surface area contributed by atoms with Crippen LogP contribution in [0.4, 0.5) is 4.79 Å². The van der Waals surface area contributed by atoms with E-state index in [2.05, 4.69) is 13.8 Å². The highest BCUT2D eigenvalue weighted by atomic mass is 32.1. The van der Waals surface area contributed by atoms with E-state index in [-0.39, 0.29) is 11.9 Å². The summed E-state index contributed by atoms with van der Waals surface area (Å²) in [5.41, 5.74) is 1.20. The van der Waals surface area contributed by atoms with Gasteiger partial charge in [-0.3, -0.25) is 4.79 Å². The summed E-state index contributed by atoms with van der Waals surface area (Å²) in [4.78, 5) is 32.8. The van der Waals surface area contributed by atoms with E-state index in [1.165, 1.54) is 10.4 Å². The molecule has 1 aromatic rings. The molecule has 0 radical (unpaired) electrons. The maximum Gasteiger partial charge on any atom is 0.320 e. The van der Waals surface area contributed by atoms with E-state index in [1.807, 2.05) is 20.8 Å². The van der Waals surface area contributed by atoms with Crippen molar-refractivity contribution in [3.05, 3.63) is 21.4 Å². The molecule has 0 aromatic carbocycles. The molecule has 1 aromatic heterocycles. The Balaban J connectivity index is 1.56. The van der Waals surface area contributed by atoms with Crippen molar-refractivity contribution < 1.29 is 14.3 Å². The molecule has 0 saturated carbocycles. The SMILES string of the molecule is CCc1sc(C(=O)N2CCN(C(=O)N3CCOCC3)CC2)cc1C. The number of aryl methyl sites for hydroxylation is 2. The second kappa shape index (κ2) is 7.53. The Bertz CT molecular complexity index is 602. The minimum atomic E-state index is 0.0747. The first-order valence-corrected chi connectivity index (χ1v) is 9.42. The van der Waals surface area contributed by atoms with Crippen molar-refractivity contribution >= 4 is 23.3 Å². The lowest BCUT2D eigenvalue weighted by molar-refractivity contribution is 0.0363. The van der Waals surface area contributed by atoms with Crippen LogP contribution in [0.15, 0.2) is 6.07 Å². The average Bonchev–Trinajstić information content (AvgIpc) is 3.02. The number of ether oxygens (including phenoxy) is 1. The molecule has 2 aliphatic rings. The number of thiophene rings is 1. The molecule has 2 saturated heterocycles. The molecule has 0 unspecified atom stereocenters. The van der Waals surface area contributed by atoms with E-state index >= 15 is 0 Å². The van der Waals surface area contributed by atoms with Crippen LogP contribution in [-0.4, -0.2) is 79.1 Å². The largest absolute Gasteiger partial charge is 0.378 e. The minimum absolute atomic E-state index is 0.0747. The Labute approximate surface area is 147 Å². The second-order valence-electron chi connectivity index (χ2n) is 6.23. The van der Waals surface area contributed by atoms with Gasteiger partial charge in [-0.2, -0.15) is 0 Å². The third-order valence-electron chi connectivity index (χ3n) is 4.67. The molecule has 2 aliphatic heterocycles. The normalized spacial score (nSPS) is 18.8. The molecule has 0 N–H and O–H groups in total. The van der Waals surface area contributed by atoms with E-state index in [4.69, 9.17) is 4.74 Å². The number of urea groups is 1. The summed E-state index contributed by atoms with van der Waals surface area (Å²) in [6.45, 7) is 9.14. The number of rotatable bonds is 2. The van der Waals surface area contributed by atoms with Crippen molar-refractivity contribution in [2.45, 2.75) is 20.3 Å². The van der Waals surface area contributed by atoms with Gasteiger partial charge in [-0.15, -0.1) is 11.3 Å². The van der Waals surface area contributed by atoms with Gasteiger partial charge in [-0.05, 0) is 25.0 Å². The van der Waals surface area contributed by atoms with Crippen molar-refractivity contribution in [3.8, 4) is 0 Å². The second-order valence-corrected chi connectivity index (χ2v) is 7.37. The molecule has 2 fully saturated rings. The minimum Gasteiger partial charge on any atom is -0.378 e. The molecule has 0 aliphatic carbocycles. The van der Waals surface area contributed by atoms with E-state index in [1.54, 1.807) is 11.3 Å². The van der Waals surface area contributed by atoms with Gasteiger partial charge in [-0.25, -0.2) is 4.79 Å². The molecular weight excluding hydrogens is 326 g/mol. The number of nitrogens with zero attached hydrogens (tertiary/aromatic N) is 3. The number of hydrogen-bond donors (Lipinski definition) is 0. The fourth-order valence-corrected chi connectivity index (χ4v) is 4.27. The lowest BCUT2D eigenvalue weighted by Crippen LogP contribution is -2.55. The Kier molecular flexibility index (Phi) is 5.40. The van der Waals surface area contributed by atoms with Crippen LogP contribution >= 0.6 is 11.3 Å². The van der Waals surface area contributed by atoms with Crippen molar-refractivity contribution in [3.63, 3.8) is 0 Å². The topological polar surface area (TPSA) is 53.1 Å². The van der Waals surface area contributed by atoms with Gasteiger partial charge in [0.15, 0.2) is 0 Å². The van der Waals surface area contributed by atoms with Crippen LogP contribution in [0.2, 0.25) is 0 Å². The van der Waals surface area contributed by atoms with E-state index in [9.17, 15) is 9.59 Å². The van der Waals surface area contributed by atoms with Gasteiger partial charge in [-0.1, -0.05) is 6.92 Å². The number of carbonyl (C=O) groups is 2. The van der Waals surface area contributed by atoms with Gasteiger partial charge < -0.3 is 19.4 Å². The summed E-state index contributed by atoms with van der Waals surface area (Å²) in [5.74, 6) is 0.0984. The average molecular weight is 351 g/mol. The van der Waals surface area contributed by atoms with Gasteiger partial charge >= 0.3 is 6.03 Å². The van der Waals surface area contributed by atoms with E-state index < -0.39 is 0 Å². The third-order valence-corrected chi connectivity index (χ3v) is 6.04. The zero-order valence-electron chi connectivity index (χ0n) is 14.4. The Morgan fingerprint density at radius 2 is 1.62 bits per heavy atom. The highest BCUT2D eigenvalue weighted by Gasteiger charge is 2.29. The monoisotopic (exact) mass is 351 g/mol. The van der Waals surface area contributed by atoms with Crippen LogP contribution in [-0.2, 0) is 11.2 Å². The molecule has 24 heavy (non-hydrogen) atoms. The lowest BCUT2D eigenvalue weighted by atomic mass is 10.2. The lowest BCUT2D eigenvalue weighted by Gasteiger charge is -2.38. The Morgan fingerprint density at radius 1 is 1.04 bits per heavy atom. The van der Waals surface area contributed by atoms with Gasteiger partial charge in [0.1, 0.15) is 0 Å². The molecule has 0 atom stereocenters. The predicted octanol–water partition coefficient (Wildman–Crippen LogP) is 1.83. The molecule has 3 rings (SSSR count). The number of hydrogen-bond acceptors (Lipinski definition) is 4. The van der Waals surface area contributed by atoms with Crippen molar-refractivity contribution in [2.75, 3.05) is 52.5 Å². The standard InChI is InChI=1S/C17H25N3O3S/c1-3-14-13(2)12-15(24-14)16(21)18-4-6-19(7-5-18)17(22)20-8-10-23-11-9-20/h12H,3-11H2,1-2H3. The molecular formula is C17H25N3O3S. The number of morpholine rings is 1. The summed E-state index contributed by atoms with van der Waals surface area (Å²) in [6, 6.07) is 2.07. The zero-order chi connectivity index (χ0) is 17.1. The maximum atomic E-state index is 12.7. The van der Waals surface area contributed by atoms with E-state index in [0.29, 0.717) is 52.5 Å². The van der Waals surface area contributed by atoms with Gasteiger partial charge in [0.2, 0.25) is 0 Å². The van der Waals surface area contributed by atoms with Gasteiger partial charge in [0.25, 0.3) is 5.91 Å². The molecule has 0 bridgehead atoms. The van der Waals surface area contributed by atoms with Crippen molar-refractivity contribution in [1.29, 1.82) is 0 Å². The van der Waals surface area contributed by atoms with Gasteiger partial charge in [0, 0.05) is 44.1 Å². The molecule has 0 spiro atoms. The summed E-state index contributed by atoms with van der Waals surface area (Å²) in [5, 5.41) is 0. The van der Waals surface area contributed by atoms with Crippen LogP contribution in [0.3, 0.4) is 0 Å². The van der Waals surface area contributed by atoms with Crippen LogP contribution in [0.25, 0.3) is 0 Å². The fourth-order valence-electron chi connectivity index (χ4n) is 3.19. The van der Waals surface area contributed by atoms with Crippen LogP contribution in [0.1, 0.15) is 27.0 Å². The Hall–Kier alpha value is -1.60.